The fourth-order valence-corrected chi connectivity index (χ4v) is 2.68. The van der Waals surface area contributed by atoms with E-state index >= 15 is 0 Å². The summed E-state index contributed by atoms with van der Waals surface area (Å²) in [6.45, 7) is 0.471. The lowest BCUT2D eigenvalue weighted by Gasteiger charge is -2.11. The van der Waals surface area contributed by atoms with Crippen molar-refractivity contribution >= 4 is 5.91 Å². The third kappa shape index (κ3) is 2.49. The maximum Gasteiger partial charge on any atom is 0.340 e. The van der Waals surface area contributed by atoms with Gasteiger partial charge >= 0.3 is 5.69 Å². The van der Waals surface area contributed by atoms with Crippen LogP contribution in [0, 0.1) is 0 Å². The summed E-state index contributed by atoms with van der Waals surface area (Å²) in [5, 5.41) is 9.01. The highest BCUT2D eigenvalue weighted by atomic mass is 16.2. The first-order chi connectivity index (χ1) is 9.74. The van der Waals surface area contributed by atoms with E-state index in [1.165, 1.54) is 5.56 Å². The summed E-state index contributed by atoms with van der Waals surface area (Å²) in [5.74, 6) is 0.555. The number of aromatic nitrogens is 3. The minimum absolute atomic E-state index is 0.0489. The topological polar surface area (TPSA) is 90.6 Å². The predicted molar refractivity (Wildman–Crippen MR) is 73.4 cm³/mol. The number of aromatic amines is 2. The molecule has 1 aromatic carbocycles. The predicted octanol–water partition coefficient (Wildman–Crippen LogP) is 0.487. The number of fused-ring (bicyclic) bond motifs is 1. The monoisotopic (exact) mass is 272 g/mol. The molecule has 0 unspecified atom stereocenters. The summed E-state index contributed by atoms with van der Waals surface area (Å²) < 4.78 is 0. The van der Waals surface area contributed by atoms with Gasteiger partial charge in [-0.3, -0.25) is 9.78 Å². The second-order valence-corrected chi connectivity index (χ2v) is 4.96. The fraction of sp³-hybridized carbons (Fsp3) is 0.357. The van der Waals surface area contributed by atoms with Gasteiger partial charge in [-0.1, -0.05) is 24.3 Å². The summed E-state index contributed by atoms with van der Waals surface area (Å²) >= 11 is 0. The van der Waals surface area contributed by atoms with Crippen LogP contribution < -0.4 is 11.0 Å². The Kier molecular flexibility index (Phi) is 3.37. The summed E-state index contributed by atoms with van der Waals surface area (Å²) in [4.78, 5) is 25.6. The highest BCUT2D eigenvalue weighted by molar-refractivity contribution is 5.84. The molecule has 2 aromatic rings. The molecule has 1 aliphatic carbocycles. The minimum atomic E-state index is -0.323. The van der Waals surface area contributed by atoms with E-state index in [-0.39, 0.29) is 17.5 Å². The lowest BCUT2D eigenvalue weighted by molar-refractivity contribution is -0.122. The highest BCUT2D eigenvalue weighted by Crippen LogP contribution is 2.32. The molecular formula is C14H16N4O2. The smallest absolute Gasteiger partial charge is 0.340 e. The van der Waals surface area contributed by atoms with Crippen LogP contribution in [0.5, 0.6) is 0 Å². The largest absolute Gasteiger partial charge is 0.355 e. The minimum Gasteiger partial charge on any atom is -0.355 e. The van der Waals surface area contributed by atoms with Crippen LogP contribution in [0.3, 0.4) is 0 Å². The molecule has 1 heterocycles. The van der Waals surface area contributed by atoms with E-state index < -0.39 is 0 Å². The first-order valence-electron chi connectivity index (χ1n) is 6.73. The van der Waals surface area contributed by atoms with Crippen molar-refractivity contribution in [1.29, 1.82) is 0 Å². The van der Waals surface area contributed by atoms with Crippen molar-refractivity contribution in [3.63, 3.8) is 0 Å². The molecule has 0 saturated carbocycles. The Morgan fingerprint density at radius 3 is 3.05 bits per heavy atom. The molecule has 1 amide bonds. The van der Waals surface area contributed by atoms with Crippen molar-refractivity contribution in [1.82, 2.24) is 20.5 Å². The van der Waals surface area contributed by atoms with Gasteiger partial charge in [0.2, 0.25) is 5.91 Å². The molecule has 0 saturated heterocycles. The van der Waals surface area contributed by atoms with Crippen LogP contribution in [0.1, 0.15) is 29.3 Å². The molecule has 0 bridgehead atoms. The van der Waals surface area contributed by atoms with Gasteiger partial charge in [-0.05, 0) is 24.0 Å². The zero-order chi connectivity index (χ0) is 13.9. The van der Waals surface area contributed by atoms with E-state index in [0.29, 0.717) is 18.8 Å². The van der Waals surface area contributed by atoms with Crippen LogP contribution in [0.25, 0.3) is 0 Å². The molecule has 104 valence electrons. The number of nitrogens with one attached hydrogen (secondary N) is 3. The second kappa shape index (κ2) is 5.32. The average Bonchev–Trinajstić information content (AvgIpc) is 3.05. The molecule has 6 nitrogen and oxygen atoms in total. The van der Waals surface area contributed by atoms with Gasteiger partial charge in [0.05, 0.1) is 5.92 Å². The first kappa shape index (κ1) is 12.7. The Morgan fingerprint density at radius 2 is 2.25 bits per heavy atom. The van der Waals surface area contributed by atoms with Crippen molar-refractivity contribution in [3.05, 3.63) is 51.7 Å². The molecule has 1 aromatic heterocycles. The Balaban J connectivity index is 1.57. The van der Waals surface area contributed by atoms with Crippen LogP contribution in [0.15, 0.2) is 29.1 Å². The average molecular weight is 272 g/mol. The quantitative estimate of drug-likeness (QED) is 0.756. The fourth-order valence-electron chi connectivity index (χ4n) is 2.68. The van der Waals surface area contributed by atoms with Crippen molar-refractivity contribution in [2.45, 2.75) is 25.2 Å². The van der Waals surface area contributed by atoms with Crippen molar-refractivity contribution < 1.29 is 4.79 Å². The maximum absolute atomic E-state index is 12.2. The van der Waals surface area contributed by atoms with Gasteiger partial charge < -0.3 is 5.32 Å². The molecule has 6 heteroatoms. The summed E-state index contributed by atoms with van der Waals surface area (Å²) in [6, 6.07) is 8.08. The SMILES string of the molecule is O=C(NCCc1n[nH]c(=O)[nH]1)[C@@H]1CCc2ccccc21. The number of hydrogen-bond acceptors (Lipinski definition) is 3. The normalized spacial score (nSPS) is 16.9. The van der Waals surface area contributed by atoms with Gasteiger partial charge in [-0.15, -0.1) is 0 Å². The van der Waals surface area contributed by atoms with E-state index in [4.69, 9.17) is 0 Å². The number of nitrogens with zero attached hydrogens (tertiary/aromatic N) is 1. The Morgan fingerprint density at radius 1 is 1.40 bits per heavy atom. The van der Waals surface area contributed by atoms with Gasteiger partial charge in [0.15, 0.2) is 0 Å². The Bertz CT molecular complexity index is 674. The molecule has 0 radical (unpaired) electrons. The van der Waals surface area contributed by atoms with Crippen LogP contribution in [-0.2, 0) is 17.6 Å². The standard InChI is InChI=1S/C14H16N4O2/c19-13(15-8-7-12-16-14(20)18-17-12)11-6-5-9-3-1-2-4-10(9)11/h1-4,11H,5-8H2,(H,15,19)(H2,16,17,18,20)/t11-/m1/s1. The number of hydrogen-bond donors (Lipinski definition) is 3. The molecule has 0 aliphatic heterocycles. The zero-order valence-electron chi connectivity index (χ0n) is 11.0. The summed E-state index contributed by atoms with van der Waals surface area (Å²) in [6.07, 6.45) is 2.34. The lowest BCUT2D eigenvalue weighted by atomic mass is 10.0. The lowest BCUT2D eigenvalue weighted by Crippen LogP contribution is -2.30. The number of aryl methyl sites for hydroxylation is 1. The van der Waals surface area contributed by atoms with E-state index in [1.807, 2.05) is 18.2 Å². The number of H-pyrrole nitrogens is 2. The highest BCUT2D eigenvalue weighted by Gasteiger charge is 2.27. The molecular weight excluding hydrogens is 256 g/mol. The first-order valence-corrected chi connectivity index (χ1v) is 6.73. The molecule has 0 spiro atoms. The summed E-state index contributed by atoms with van der Waals surface area (Å²) in [7, 11) is 0. The number of carbonyl (C=O) groups excluding carboxylic acids is 1. The molecule has 3 rings (SSSR count). The molecule has 20 heavy (non-hydrogen) atoms. The van der Waals surface area contributed by atoms with E-state index in [9.17, 15) is 9.59 Å². The third-order valence-electron chi connectivity index (χ3n) is 3.66. The van der Waals surface area contributed by atoms with Crippen LogP contribution in [0.2, 0.25) is 0 Å². The van der Waals surface area contributed by atoms with E-state index in [2.05, 4.69) is 26.6 Å². The van der Waals surface area contributed by atoms with Gasteiger partial charge in [0.25, 0.3) is 0 Å². The van der Waals surface area contributed by atoms with Gasteiger partial charge in [-0.25, -0.2) is 9.89 Å². The Labute approximate surface area is 115 Å². The van der Waals surface area contributed by atoms with Crippen molar-refractivity contribution in [2.75, 3.05) is 6.54 Å². The Hall–Kier alpha value is -2.37. The maximum atomic E-state index is 12.2. The zero-order valence-corrected chi connectivity index (χ0v) is 11.0. The third-order valence-corrected chi connectivity index (χ3v) is 3.66. The van der Waals surface area contributed by atoms with Crippen LogP contribution >= 0.6 is 0 Å². The van der Waals surface area contributed by atoms with Gasteiger partial charge in [-0.2, -0.15) is 5.10 Å². The van der Waals surface area contributed by atoms with E-state index in [0.717, 1.165) is 18.4 Å². The van der Waals surface area contributed by atoms with Crippen molar-refractivity contribution in [3.8, 4) is 0 Å². The van der Waals surface area contributed by atoms with Gasteiger partial charge in [0.1, 0.15) is 5.82 Å². The second-order valence-electron chi connectivity index (χ2n) is 4.96. The summed E-state index contributed by atoms with van der Waals surface area (Å²) in [5.41, 5.74) is 2.08. The van der Waals surface area contributed by atoms with Gasteiger partial charge in [0, 0.05) is 13.0 Å². The molecule has 1 aliphatic rings. The molecule has 1 atom stereocenters. The van der Waals surface area contributed by atoms with Crippen molar-refractivity contribution in [2.24, 2.45) is 0 Å². The number of rotatable bonds is 4. The van der Waals surface area contributed by atoms with E-state index in [1.54, 1.807) is 0 Å². The number of carbonyl (C=O) groups is 1. The van der Waals surface area contributed by atoms with Crippen LogP contribution in [0.4, 0.5) is 0 Å². The molecule has 0 fully saturated rings. The van der Waals surface area contributed by atoms with Crippen LogP contribution in [-0.4, -0.2) is 27.6 Å². The number of benzene rings is 1. The number of amides is 1. The molecule has 3 N–H and O–H groups in total.